The molecule has 7 nitrogen and oxygen atoms in total. The summed E-state index contributed by atoms with van der Waals surface area (Å²) in [5.74, 6) is 1.49. The number of benzene rings is 2. The number of hydrogen-bond acceptors (Lipinski definition) is 7. The average molecular weight is 534 g/mol. The van der Waals surface area contributed by atoms with E-state index in [9.17, 15) is 8.42 Å². The van der Waals surface area contributed by atoms with Crippen LogP contribution >= 0.6 is 11.3 Å². The standard InChI is InChI=1S/C28H31N5O2S2/c1-20-18-33(21(2)30-20)26-8-5-23-9-10-32(19-24(23)16-26)28-29-17-27(36-28)15-22-3-6-25(7-4-22)31-11-13-37(34,35)14-12-31/h3-8,16-18H,9-15,19H2,1-2H3. The van der Waals surface area contributed by atoms with Crippen LogP contribution in [0.5, 0.6) is 0 Å². The van der Waals surface area contributed by atoms with Crippen molar-refractivity contribution < 1.29 is 8.42 Å². The second kappa shape index (κ2) is 9.61. The number of thiazole rings is 1. The Morgan fingerprint density at radius 2 is 1.68 bits per heavy atom. The molecule has 6 rings (SSSR count). The maximum absolute atomic E-state index is 11.7. The highest BCUT2D eigenvalue weighted by Crippen LogP contribution is 2.31. The van der Waals surface area contributed by atoms with Crippen molar-refractivity contribution >= 4 is 32.0 Å². The number of imidazole rings is 1. The molecule has 0 unspecified atom stereocenters. The average Bonchev–Trinajstić information content (AvgIpc) is 3.49. The molecule has 9 heteroatoms. The van der Waals surface area contributed by atoms with Crippen molar-refractivity contribution in [3.63, 3.8) is 0 Å². The van der Waals surface area contributed by atoms with E-state index in [-0.39, 0.29) is 11.5 Å². The molecule has 192 valence electrons. The fourth-order valence-electron chi connectivity index (χ4n) is 5.26. The number of rotatable bonds is 5. The summed E-state index contributed by atoms with van der Waals surface area (Å²) in [6, 6.07) is 15.3. The van der Waals surface area contributed by atoms with Crippen molar-refractivity contribution in [3.8, 4) is 5.69 Å². The van der Waals surface area contributed by atoms with E-state index in [1.165, 1.54) is 21.6 Å². The van der Waals surface area contributed by atoms with Gasteiger partial charge in [-0.05, 0) is 61.2 Å². The van der Waals surface area contributed by atoms with Crippen LogP contribution in [0.1, 0.15) is 33.1 Å². The van der Waals surface area contributed by atoms with Gasteiger partial charge in [0, 0.05) is 61.2 Å². The number of nitrogens with zero attached hydrogens (tertiary/aromatic N) is 5. The lowest BCUT2D eigenvalue weighted by Gasteiger charge is -2.29. The lowest BCUT2D eigenvalue weighted by atomic mass is 9.99. The molecule has 2 aromatic carbocycles. The lowest BCUT2D eigenvalue weighted by Crippen LogP contribution is -2.40. The van der Waals surface area contributed by atoms with Gasteiger partial charge in [0.25, 0.3) is 0 Å². The van der Waals surface area contributed by atoms with Gasteiger partial charge in [0.2, 0.25) is 0 Å². The quantitative estimate of drug-likeness (QED) is 0.380. The molecule has 2 aliphatic heterocycles. The zero-order valence-corrected chi connectivity index (χ0v) is 22.9. The predicted molar refractivity (Wildman–Crippen MR) is 150 cm³/mol. The monoisotopic (exact) mass is 533 g/mol. The highest BCUT2D eigenvalue weighted by molar-refractivity contribution is 7.91. The van der Waals surface area contributed by atoms with Crippen molar-refractivity contribution in [2.75, 3.05) is 40.9 Å². The van der Waals surface area contributed by atoms with Crippen molar-refractivity contribution in [2.45, 2.75) is 33.2 Å². The van der Waals surface area contributed by atoms with Crippen LogP contribution < -0.4 is 9.80 Å². The van der Waals surface area contributed by atoms with Gasteiger partial charge in [-0.25, -0.2) is 18.4 Å². The highest BCUT2D eigenvalue weighted by Gasteiger charge is 2.22. The molecule has 2 aliphatic rings. The topological polar surface area (TPSA) is 71.3 Å². The molecule has 1 saturated heterocycles. The maximum Gasteiger partial charge on any atom is 0.185 e. The number of anilines is 2. The van der Waals surface area contributed by atoms with Crippen LogP contribution in [0.4, 0.5) is 10.8 Å². The Kier molecular flexibility index (Phi) is 6.28. The van der Waals surface area contributed by atoms with Crippen LogP contribution in [0.15, 0.2) is 54.9 Å². The molecule has 0 atom stereocenters. The van der Waals surface area contributed by atoms with Crippen molar-refractivity contribution in [3.05, 3.63) is 87.9 Å². The fraction of sp³-hybridized carbons (Fsp3) is 0.357. The predicted octanol–water partition coefficient (Wildman–Crippen LogP) is 4.33. The third kappa shape index (κ3) is 5.15. The first kappa shape index (κ1) is 24.2. The molecule has 0 aliphatic carbocycles. The van der Waals surface area contributed by atoms with Gasteiger partial charge in [-0.1, -0.05) is 18.2 Å². The van der Waals surface area contributed by atoms with Crippen LogP contribution in [-0.4, -0.2) is 54.1 Å². The van der Waals surface area contributed by atoms with Crippen LogP contribution in [0.3, 0.4) is 0 Å². The Labute approximate surface area is 222 Å². The molecule has 4 aromatic rings. The third-order valence-electron chi connectivity index (χ3n) is 7.32. The molecule has 0 N–H and O–H groups in total. The summed E-state index contributed by atoms with van der Waals surface area (Å²) in [6.45, 7) is 7.06. The van der Waals surface area contributed by atoms with Gasteiger partial charge in [0.1, 0.15) is 5.82 Å². The highest BCUT2D eigenvalue weighted by atomic mass is 32.2. The number of hydrogen-bond donors (Lipinski definition) is 0. The van der Waals surface area contributed by atoms with Crippen molar-refractivity contribution in [2.24, 2.45) is 0 Å². The van der Waals surface area contributed by atoms with Crippen molar-refractivity contribution in [1.29, 1.82) is 0 Å². The Hall–Kier alpha value is -3.17. The third-order valence-corrected chi connectivity index (χ3v) is 9.99. The van der Waals surface area contributed by atoms with Gasteiger partial charge >= 0.3 is 0 Å². The first-order chi connectivity index (χ1) is 17.8. The van der Waals surface area contributed by atoms with Gasteiger partial charge in [-0.2, -0.15) is 0 Å². The Balaban J connectivity index is 1.12. The van der Waals surface area contributed by atoms with Gasteiger partial charge in [0.15, 0.2) is 15.0 Å². The summed E-state index contributed by atoms with van der Waals surface area (Å²) < 4.78 is 25.6. The van der Waals surface area contributed by atoms with E-state index >= 15 is 0 Å². The summed E-state index contributed by atoms with van der Waals surface area (Å²) in [5.41, 5.74) is 7.29. The zero-order chi connectivity index (χ0) is 25.6. The van der Waals surface area contributed by atoms with Crippen LogP contribution in [0, 0.1) is 13.8 Å². The maximum atomic E-state index is 11.7. The lowest BCUT2D eigenvalue weighted by molar-refractivity contribution is 0.587. The van der Waals surface area contributed by atoms with Gasteiger partial charge < -0.3 is 14.4 Å². The van der Waals surface area contributed by atoms with E-state index in [1.807, 2.05) is 20.0 Å². The summed E-state index contributed by atoms with van der Waals surface area (Å²) in [6.07, 6.45) is 5.97. The van der Waals surface area contributed by atoms with Gasteiger partial charge in [0.05, 0.1) is 17.2 Å². The summed E-state index contributed by atoms with van der Waals surface area (Å²) in [5, 5.41) is 1.08. The van der Waals surface area contributed by atoms with Crippen LogP contribution in [-0.2, 0) is 29.2 Å². The summed E-state index contributed by atoms with van der Waals surface area (Å²) >= 11 is 1.77. The zero-order valence-electron chi connectivity index (χ0n) is 21.2. The van der Waals surface area contributed by atoms with E-state index in [0.29, 0.717) is 13.1 Å². The number of aryl methyl sites for hydroxylation is 2. The minimum atomic E-state index is -2.87. The Morgan fingerprint density at radius 3 is 2.41 bits per heavy atom. The molecule has 0 spiro atoms. The molecule has 0 saturated carbocycles. The summed E-state index contributed by atoms with van der Waals surface area (Å²) in [7, 11) is -2.87. The molecule has 1 fully saturated rings. The first-order valence-corrected chi connectivity index (χ1v) is 15.4. The molecular weight excluding hydrogens is 502 g/mol. The number of sulfone groups is 1. The largest absolute Gasteiger partial charge is 0.369 e. The molecule has 0 amide bonds. The fourth-order valence-corrected chi connectivity index (χ4v) is 7.43. The van der Waals surface area contributed by atoms with E-state index in [1.54, 1.807) is 11.3 Å². The van der Waals surface area contributed by atoms with E-state index in [2.05, 4.69) is 68.0 Å². The Bertz CT molecular complexity index is 1530. The van der Waals surface area contributed by atoms with E-state index in [4.69, 9.17) is 4.98 Å². The van der Waals surface area contributed by atoms with Crippen LogP contribution in [0.2, 0.25) is 0 Å². The molecule has 37 heavy (non-hydrogen) atoms. The van der Waals surface area contributed by atoms with E-state index in [0.717, 1.165) is 54.0 Å². The normalized spacial score (nSPS) is 17.1. The number of fused-ring (bicyclic) bond motifs is 1. The summed E-state index contributed by atoms with van der Waals surface area (Å²) in [4.78, 5) is 15.1. The van der Waals surface area contributed by atoms with Crippen LogP contribution in [0.25, 0.3) is 5.69 Å². The minimum absolute atomic E-state index is 0.240. The van der Waals surface area contributed by atoms with Gasteiger partial charge in [-0.3, -0.25) is 0 Å². The van der Waals surface area contributed by atoms with Gasteiger partial charge in [-0.15, -0.1) is 11.3 Å². The SMILES string of the molecule is Cc1cn(-c2ccc3c(c2)CN(c2ncc(Cc4ccc(N5CCS(=O)(=O)CC5)cc4)s2)CC3)c(C)n1. The second-order valence-corrected chi connectivity index (χ2v) is 13.4. The second-order valence-electron chi connectivity index (χ2n) is 10.0. The minimum Gasteiger partial charge on any atom is -0.369 e. The molecular formula is C28H31N5O2S2. The Morgan fingerprint density at radius 1 is 0.919 bits per heavy atom. The van der Waals surface area contributed by atoms with E-state index < -0.39 is 9.84 Å². The molecule has 0 bridgehead atoms. The van der Waals surface area contributed by atoms with Crippen molar-refractivity contribution in [1.82, 2.24) is 14.5 Å². The molecule has 2 aromatic heterocycles. The molecule has 4 heterocycles. The smallest absolute Gasteiger partial charge is 0.185 e. The number of aromatic nitrogens is 3. The molecule has 0 radical (unpaired) electrons. The first-order valence-electron chi connectivity index (χ1n) is 12.7.